The number of nitrogens with two attached hydrogens (primary N) is 1. The molecule has 0 aliphatic heterocycles. The van der Waals surface area contributed by atoms with Crippen molar-refractivity contribution in [2.45, 2.75) is 39.7 Å². The van der Waals surface area contributed by atoms with Gasteiger partial charge in [-0.25, -0.2) is 9.48 Å². The number of nitrogens with zero attached hydrogens (tertiary/aromatic N) is 2. The Labute approximate surface area is 194 Å². The van der Waals surface area contributed by atoms with Gasteiger partial charge in [-0.3, -0.25) is 10.7 Å². The summed E-state index contributed by atoms with van der Waals surface area (Å²) in [6.45, 7) is 8.47. The maximum absolute atomic E-state index is 12.7. The van der Waals surface area contributed by atoms with Crippen LogP contribution in [0.25, 0.3) is 5.69 Å². The van der Waals surface area contributed by atoms with Crippen LogP contribution in [0.1, 0.15) is 37.6 Å². The molecule has 0 saturated heterocycles. The Balaban J connectivity index is 1.76. The minimum Gasteiger partial charge on any atom is -0.439 e. The van der Waals surface area contributed by atoms with E-state index in [1.54, 1.807) is 16.8 Å². The predicted octanol–water partition coefficient (Wildman–Crippen LogP) is 4.63. The molecule has 8 heteroatoms. The van der Waals surface area contributed by atoms with Crippen molar-refractivity contribution in [2.24, 2.45) is 5.73 Å². The number of ether oxygens (including phenoxy) is 1. The zero-order valence-corrected chi connectivity index (χ0v) is 19.3. The molecule has 5 N–H and O–H groups in total. The molecule has 2 aromatic carbocycles. The van der Waals surface area contributed by atoms with Crippen molar-refractivity contribution in [2.75, 3.05) is 5.32 Å². The first-order chi connectivity index (χ1) is 15.7. The number of carbonyl (C=O) groups is 1. The summed E-state index contributed by atoms with van der Waals surface area (Å²) in [5.74, 6) is 0.951. The van der Waals surface area contributed by atoms with E-state index in [0.29, 0.717) is 11.6 Å². The molecule has 0 radical (unpaired) electrons. The van der Waals surface area contributed by atoms with Gasteiger partial charge in [0.1, 0.15) is 11.6 Å². The highest BCUT2D eigenvalue weighted by atomic mass is 16.5. The maximum atomic E-state index is 12.7. The monoisotopic (exact) mass is 446 g/mol. The lowest BCUT2D eigenvalue weighted by Gasteiger charge is -2.14. The summed E-state index contributed by atoms with van der Waals surface area (Å²) in [6.07, 6.45) is 2.58. The molecule has 3 rings (SSSR count). The van der Waals surface area contributed by atoms with Gasteiger partial charge in [-0.05, 0) is 31.3 Å². The van der Waals surface area contributed by atoms with E-state index in [2.05, 4.69) is 31.4 Å². The highest BCUT2D eigenvalue weighted by Crippen LogP contribution is 2.26. The van der Waals surface area contributed by atoms with Gasteiger partial charge in [0.2, 0.25) is 5.90 Å². The molecule has 172 valence electrons. The van der Waals surface area contributed by atoms with Crippen LogP contribution < -0.4 is 21.1 Å². The van der Waals surface area contributed by atoms with Crippen LogP contribution in [-0.4, -0.2) is 21.7 Å². The van der Waals surface area contributed by atoms with E-state index >= 15 is 0 Å². The first kappa shape index (κ1) is 23.6. The van der Waals surface area contributed by atoms with E-state index in [1.807, 2.05) is 49.4 Å². The normalized spacial score (nSPS) is 11.4. The van der Waals surface area contributed by atoms with Crippen LogP contribution in [-0.2, 0) is 12.0 Å². The minimum atomic E-state index is -0.379. The summed E-state index contributed by atoms with van der Waals surface area (Å²) in [7, 11) is 0. The highest BCUT2D eigenvalue weighted by molar-refractivity contribution is 5.89. The van der Waals surface area contributed by atoms with E-state index in [0.717, 1.165) is 22.5 Å². The lowest BCUT2D eigenvalue weighted by atomic mass is 9.92. The van der Waals surface area contributed by atoms with Crippen LogP contribution in [0.4, 0.5) is 10.6 Å². The molecule has 0 fully saturated rings. The Bertz CT molecular complexity index is 1160. The van der Waals surface area contributed by atoms with Gasteiger partial charge in [0.05, 0.1) is 11.4 Å². The predicted molar refractivity (Wildman–Crippen MR) is 131 cm³/mol. The summed E-state index contributed by atoms with van der Waals surface area (Å²) < 4.78 is 7.23. The average Bonchev–Trinajstić information content (AvgIpc) is 3.18. The van der Waals surface area contributed by atoms with Crippen molar-refractivity contribution in [1.29, 1.82) is 5.41 Å². The number of anilines is 1. The molecule has 33 heavy (non-hydrogen) atoms. The van der Waals surface area contributed by atoms with Gasteiger partial charge in [-0.1, -0.05) is 56.7 Å². The first-order valence-corrected chi connectivity index (χ1v) is 10.6. The molecule has 0 aliphatic rings. The molecule has 0 saturated carbocycles. The molecule has 3 aromatic rings. The third-order valence-corrected chi connectivity index (χ3v) is 4.88. The summed E-state index contributed by atoms with van der Waals surface area (Å²) in [6, 6.07) is 16.6. The lowest BCUT2D eigenvalue weighted by Crippen LogP contribution is -2.29. The van der Waals surface area contributed by atoms with Crippen LogP contribution in [0, 0.1) is 12.3 Å². The van der Waals surface area contributed by atoms with E-state index in [4.69, 9.17) is 21.0 Å². The fraction of sp³-hybridized carbons (Fsp3) is 0.240. The molecule has 0 spiro atoms. The molecule has 0 atom stereocenters. The number of benzene rings is 2. The van der Waals surface area contributed by atoms with E-state index < -0.39 is 0 Å². The number of hydrogen-bond acceptors (Lipinski definition) is 5. The largest absolute Gasteiger partial charge is 0.439 e. The molecule has 0 bridgehead atoms. The van der Waals surface area contributed by atoms with E-state index in [-0.39, 0.29) is 23.9 Å². The van der Waals surface area contributed by atoms with Gasteiger partial charge < -0.3 is 15.8 Å². The zero-order chi connectivity index (χ0) is 24.0. The number of para-hydroxylation sites is 1. The molecule has 2 amide bonds. The van der Waals surface area contributed by atoms with Crippen molar-refractivity contribution >= 4 is 17.7 Å². The molecule has 0 unspecified atom stereocenters. The van der Waals surface area contributed by atoms with Crippen LogP contribution in [0.3, 0.4) is 0 Å². The van der Waals surface area contributed by atoms with Crippen molar-refractivity contribution in [3.63, 3.8) is 0 Å². The Morgan fingerprint density at radius 3 is 2.55 bits per heavy atom. The van der Waals surface area contributed by atoms with Crippen molar-refractivity contribution in [3.05, 3.63) is 83.7 Å². The fourth-order valence-electron chi connectivity index (χ4n) is 3.04. The minimum absolute atomic E-state index is 0.0916. The van der Waals surface area contributed by atoms with Crippen LogP contribution in [0.15, 0.2) is 66.9 Å². The maximum Gasteiger partial charge on any atom is 0.320 e. The Morgan fingerprint density at radius 2 is 1.88 bits per heavy atom. The van der Waals surface area contributed by atoms with E-state index in [9.17, 15) is 4.79 Å². The second-order valence-corrected chi connectivity index (χ2v) is 8.65. The zero-order valence-electron chi connectivity index (χ0n) is 19.3. The van der Waals surface area contributed by atoms with Gasteiger partial charge in [-0.15, -0.1) is 0 Å². The number of urea groups is 1. The van der Waals surface area contributed by atoms with Crippen molar-refractivity contribution in [1.82, 2.24) is 15.1 Å². The second kappa shape index (κ2) is 10.0. The Kier molecular flexibility index (Phi) is 7.17. The van der Waals surface area contributed by atoms with Gasteiger partial charge in [-0.2, -0.15) is 5.10 Å². The molecular formula is C25H30N6O2. The number of amides is 2. The standard InChI is InChI=1S/C25H30N6O2/c1-17-9-11-19(12-10-17)31-23(15-21(30-31)25(2,3)4)29-24(32)28-16-18-7-5-6-8-20(18)33-22(27)13-14-26/h5-15,27H,16,26H2,1-4H3,(H2,28,29,32)/b14-13-,27-22?. The quantitative estimate of drug-likeness (QED) is 0.326. The van der Waals surface area contributed by atoms with Crippen molar-refractivity contribution in [3.8, 4) is 11.4 Å². The first-order valence-electron chi connectivity index (χ1n) is 10.6. The summed E-state index contributed by atoms with van der Waals surface area (Å²) in [5.41, 5.74) is 8.72. The van der Waals surface area contributed by atoms with Gasteiger partial charge in [0.25, 0.3) is 0 Å². The number of nitrogens with one attached hydrogen (secondary N) is 3. The van der Waals surface area contributed by atoms with Crippen LogP contribution in [0.5, 0.6) is 5.75 Å². The van der Waals surface area contributed by atoms with Crippen LogP contribution >= 0.6 is 0 Å². The highest BCUT2D eigenvalue weighted by Gasteiger charge is 2.21. The average molecular weight is 447 g/mol. The lowest BCUT2D eigenvalue weighted by molar-refractivity contribution is 0.251. The number of aryl methyl sites for hydroxylation is 1. The Hall–Kier alpha value is -4.07. The van der Waals surface area contributed by atoms with Crippen molar-refractivity contribution < 1.29 is 9.53 Å². The fourth-order valence-corrected chi connectivity index (χ4v) is 3.04. The number of aromatic nitrogens is 2. The van der Waals surface area contributed by atoms with Gasteiger partial charge in [0.15, 0.2) is 0 Å². The second-order valence-electron chi connectivity index (χ2n) is 8.65. The summed E-state index contributed by atoms with van der Waals surface area (Å²) in [4.78, 5) is 12.7. The molecule has 8 nitrogen and oxygen atoms in total. The van der Waals surface area contributed by atoms with Gasteiger partial charge in [0, 0.05) is 29.7 Å². The number of hydrogen-bond donors (Lipinski definition) is 4. The Morgan fingerprint density at radius 1 is 1.18 bits per heavy atom. The number of rotatable bonds is 6. The SMILES string of the molecule is Cc1ccc(-n2nc(C(C)(C)C)cc2NC(=O)NCc2ccccc2OC(=N)/C=C\N)cc1. The molecule has 0 aliphatic carbocycles. The third-order valence-electron chi connectivity index (χ3n) is 4.88. The molecule has 1 aromatic heterocycles. The van der Waals surface area contributed by atoms with Crippen LogP contribution in [0.2, 0.25) is 0 Å². The molecule has 1 heterocycles. The topological polar surface area (TPSA) is 118 Å². The van der Waals surface area contributed by atoms with Gasteiger partial charge >= 0.3 is 6.03 Å². The molecular weight excluding hydrogens is 416 g/mol. The smallest absolute Gasteiger partial charge is 0.320 e. The van der Waals surface area contributed by atoms with E-state index in [1.165, 1.54) is 12.3 Å². The summed E-state index contributed by atoms with van der Waals surface area (Å²) in [5, 5.41) is 18.2. The number of carbonyl (C=O) groups excluding carboxylic acids is 1. The third kappa shape index (κ3) is 6.22. The summed E-state index contributed by atoms with van der Waals surface area (Å²) >= 11 is 0.